The Bertz CT molecular complexity index is 551. The molecule has 2 heterocycles. The fraction of sp³-hybridized carbons (Fsp3) is 0.455. The van der Waals surface area contributed by atoms with Gasteiger partial charge in [0.1, 0.15) is 0 Å². The summed E-state index contributed by atoms with van der Waals surface area (Å²) in [4.78, 5) is 4.35. The van der Waals surface area contributed by atoms with Crippen molar-refractivity contribution in [2.24, 2.45) is 0 Å². The van der Waals surface area contributed by atoms with E-state index >= 15 is 0 Å². The third-order valence-electron chi connectivity index (χ3n) is 2.66. The van der Waals surface area contributed by atoms with Crippen LogP contribution in [-0.2, 0) is 10.8 Å². The Kier molecular flexibility index (Phi) is 3.42. The fourth-order valence-corrected chi connectivity index (χ4v) is 1.78. The molecule has 0 saturated heterocycles. The van der Waals surface area contributed by atoms with Gasteiger partial charge in [-0.05, 0) is 26.0 Å². The predicted octanol–water partition coefficient (Wildman–Crippen LogP) is 1.22. The quantitative estimate of drug-likeness (QED) is 0.888. The molecule has 0 fully saturated rings. The largest absolute Gasteiger partial charge is 0.352 e. The Hall–Kier alpha value is -1.43. The van der Waals surface area contributed by atoms with E-state index in [4.69, 9.17) is 0 Å². The van der Waals surface area contributed by atoms with Crippen molar-refractivity contribution in [2.75, 3.05) is 18.1 Å². The van der Waals surface area contributed by atoms with E-state index in [2.05, 4.69) is 15.4 Å². The molecule has 0 aliphatic heterocycles. The van der Waals surface area contributed by atoms with E-state index in [-0.39, 0.29) is 5.25 Å². The second-order valence-electron chi connectivity index (χ2n) is 4.06. The van der Waals surface area contributed by atoms with Crippen molar-refractivity contribution >= 4 is 22.4 Å². The van der Waals surface area contributed by atoms with Gasteiger partial charge in [-0.3, -0.25) is 4.21 Å². The number of aromatic nitrogens is 3. The van der Waals surface area contributed by atoms with Crippen LogP contribution in [0.4, 0.5) is 5.95 Å². The maximum Gasteiger partial charge on any atom is 0.243 e. The number of hydrogen-bond acceptors (Lipinski definition) is 4. The first-order valence-electron chi connectivity index (χ1n) is 5.46. The molecule has 2 aromatic heterocycles. The normalized spacial score (nSPS) is 14.8. The number of hydrogen-bond donors (Lipinski definition) is 1. The molecule has 5 nitrogen and oxygen atoms in total. The molecule has 0 aliphatic carbocycles. The summed E-state index contributed by atoms with van der Waals surface area (Å²) in [7, 11) is -0.831. The lowest BCUT2D eigenvalue weighted by Gasteiger charge is -2.07. The van der Waals surface area contributed by atoms with E-state index in [1.54, 1.807) is 10.8 Å². The molecule has 6 heteroatoms. The second kappa shape index (κ2) is 4.83. The topological polar surface area (TPSA) is 59.3 Å². The Morgan fingerprint density at radius 3 is 2.94 bits per heavy atom. The number of aryl methyl sites for hydroxylation is 1. The van der Waals surface area contributed by atoms with Crippen LogP contribution in [0.2, 0.25) is 0 Å². The maximum absolute atomic E-state index is 11.2. The minimum absolute atomic E-state index is 0.0858. The third-order valence-corrected chi connectivity index (χ3v) is 3.96. The van der Waals surface area contributed by atoms with Crippen LogP contribution in [0.25, 0.3) is 5.65 Å². The van der Waals surface area contributed by atoms with E-state index in [1.807, 2.05) is 32.0 Å². The van der Waals surface area contributed by atoms with Crippen molar-refractivity contribution in [1.82, 2.24) is 14.6 Å². The summed E-state index contributed by atoms with van der Waals surface area (Å²) in [5.41, 5.74) is 1.85. The molecular formula is C11H16N4OS. The average Bonchev–Trinajstić information content (AvgIpc) is 2.70. The van der Waals surface area contributed by atoms with Crippen LogP contribution in [0, 0.1) is 6.92 Å². The Labute approximate surface area is 103 Å². The first-order valence-corrected chi connectivity index (χ1v) is 7.08. The lowest BCUT2D eigenvalue weighted by atomic mass is 10.4. The van der Waals surface area contributed by atoms with Gasteiger partial charge >= 0.3 is 0 Å². The summed E-state index contributed by atoms with van der Waals surface area (Å²) in [6.45, 7) is 4.53. The summed E-state index contributed by atoms with van der Waals surface area (Å²) in [5.74, 6) is 0.580. The average molecular weight is 252 g/mol. The fourth-order valence-electron chi connectivity index (χ4n) is 1.46. The molecule has 0 spiro atoms. The minimum Gasteiger partial charge on any atom is -0.352 e. The minimum atomic E-state index is -0.831. The van der Waals surface area contributed by atoms with Crippen molar-refractivity contribution < 1.29 is 4.21 Å². The van der Waals surface area contributed by atoms with Crippen molar-refractivity contribution in [3.63, 3.8) is 0 Å². The summed E-state index contributed by atoms with van der Waals surface area (Å²) in [6, 6.07) is 5.84. The number of pyridine rings is 1. The van der Waals surface area contributed by atoms with Gasteiger partial charge in [-0.25, -0.2) is 4.52 Å². The molecule has 0 aliphatic rings. The molecule has 1 N–H and O–H groups in total. The Balaban J connectivity index is 2.15. The zero-order valence-corrected chi connectivity index (χ0v) is 11.0. The van der Waals surface area contributed by atoms with Crippen LogP contribution < -0.4 is 5.32 Å². The van der Waals surface area contributed by atoms with Gasteiger partial charge in [0, 0.05) is 34.5 Å². The summed E-state index contributed by atoms with van der Waals surface area (Å²) < 4.78 is 13.0. The van der Waals surface area contributed by atoms with Gasteiger partial charge in [-0.15, -0.1) is 5.10 Å². The monoisotopic (exact) mass is 252 g/mol. The van der Waals surface area contributed by atoms with Crippen molar-refractivity contribution in [2.45, 2.75) is 19.1 Å². The molecule has 0 bridgehead atoms. The predicted molar refractivity (Wildman–Crippen MR) is 69.7 cm³/mol. The van der Waals surface area contributed by atoms with Crippen LogP contribution in [0.3, 0.4) is 0 Å². The molecular weight excluding hydrogens is 236 g/mol. The lowest BCUT2D eigenvalue weighted by Crippen LogP contribution is -2.21. The van der Waals surface area contributed by atoms with Gasteiger partial charge in [0.25, 0.3) is 0 Å². The van der Waals surface area contributed by atoms with E-state index in [1.165, 1.54) is 0 Å². The number of nitrogens with zero attached hydrogens (tertiary/aromatic N) is 3. The highest BCUT2D eigenvalue weighted by Gasteiger charge is 2.08. The SMILES string of the molecule is Cc1cccc2nc(NCC(C)S(C)=O)nn12. The highest BCUT2D eigenvalue weighted by atomic mass is 32.2. The maximum atomic E-state index is 11.2. The smallest absolute Gasteiger partial charge is 0.243 e. The van der Waals surface area contributed by atoms with Crippen LogP contribution in [0.15, 0.2) is 18.2 Å². The number of fused-ring (bicyclic) bond motifs is 1. The van der Waals surface area contributed by atoms with Crippen molar-refractivity contribution in [3.8, 4) is 0 Å². The molecule has 0 amide bonds. The summed E-state index contributed by atoms with van der Waals surface area (Å²) >= 11 is 0. The molecule has 2 aromatic rings. The molecule has 17 heavy (non-hydrogen) atoms. The van der Waals surface area contributed by atoms with Crippen LogP contribution in [0.1, 0.15) is 12.6 Å². The molecule has 2 rings (SSSR count). The molecule has 0 radical (unpaired) electrons. The first kappa shape index (κ1) is 12.0. The van der Waals surface area contributed by atoms with Crippen LogP contribution >= 0.6 is 0 Å². The van der Waals surface area contributed by atoms with Gasteiger partial charge in [-0.1, -0.05) is 6.07 Å². The van der Waals surface area contributed by atoms with E-state index in [9.17, 15) is 4.21 Å². The van der Waals surface area contributed by atoms with Gasteiger partial charge < -0.3 is 5.32 Å². The molecule has 0 saturated carbocycles. The highest BCUT2D eigenvalue weighted by Crippen LogP contribution is 2.08. The molecule has 2 unspecified atom stereocenters. The number of rotatable bonds is 4. The Morgan fingerprint density at radius 1 is 1.53 bits per heavy atom. The van der Waals surface area contributed by atoms with Crippen LogP contribution in [0.5, 0.6) is 0 Å². The van der Waals surface area contributed by atoms with E-state index in [0.29, 0.717) is 12.5 Å². The van der Waals surface area contributed by atoms with Gasteiger partial charge in [0.05, 0.1) is 0 Å². The standard InChI is InChI=1S/C11H16N4OS/c1-8-5-4-6-10-13-11(14-15(8)10)12-7-9(2)17(3)16/h4-6,9H,7H2,1-3H3,(H,12,14). The zero-order chi connectivity index (χ0) is 12.4. The van der Waals surface area contributed by atoms with Crippen molar-refractivity contribution in [3.05, 3.63) is 23.9 Å². The van der Waals surface area contributed by atoms with E-state index in [0.717, 1.165) is 11.3 Å². The first-order chi connectivity index (χ1) is 8.08. The number of nitrogens with one attached hydrogen (secondary N) is 1. The molecule has 92 valence electrons. The summed E-state index contributed by atoms with van der Waals surface area (Å²) in [6.07, 6.45) is 1.70. The van der Waals surface area contributed by atoms with Crippen molar-refractivity contribution in [1.29, 1.82) is 0 Å². The van der Waals surface area contributed by atoms with Gasteiger partial charge in [0.2, 0.25) is 5.95 Å². The summed E-state index contributed by atoms with van der Waals surface area (Å²) in [5, 5.41) is 7.53. The van der Waals surface area contributed by atoms with Gasteiger partial charge in [0.15, 0.2) is 5.65 Å². The highest BCUT2D eigenvalue weighted by molar-refractivity contribution is 7.84. The van der Waals surface area contributed by atoms with E-state index < -0.39 is 10.8 Å². The second-order valence-corrected chi connectivity index (χ2v) is 5.86. The lowest BCUT2D eigenvalue weighted by molar-refractivity contribution is 0.678. The molecule has 2 atom stereocenters. The zero-order valence-electron chi connectivity index (χ0n) is 10.2. The molecule has 0 aromatic carbocycles. The Morgan fingerprint density at radius 2 is 2.29 bits per heavy atom. The third kappa shape index (κ3) is 2.63. The van der Waals surface area contributed by atoms with Gasteiger partial charge in [-0.2, -0.15) is 4.98 Å². The number of anilines is 1. The van der Waals surface area contributed by atoms with Crippen LogP contribution in [-0.4, -0.2) is 36.9 Å².